The Morgan fingerprint density at radius 2 is 2.00 bits per heavy atom. The summed E-state index contributed by atoms with van der Waals surface area (Å²) >= 11 is 0. The number of aliphatic imine (C=N–C) groups is 1. The van der Waals surface area contributed by atoms with Crippen molar-refractivity contribution < 1.29 is 0 Å². The fraction of sp³-hybridized carbons (Fsp3) is 0.833. The van der Waals surface area contributed by atoms with Gasteiger partial charge in [0.1, 0.15) is 0 Å². The molecule has 0 aliphatic carbocycles. The van der Waals surface area contributed by atoms with Gasteiger partial charge in [-0.05, 0) is 38.0 Å². The van der Waals surface area contributed by atoms with E-state index in [1.54, 1.807) is 0 Å². The highest BCUT2D eigenvalue weighted by Gasteiger charge is 2.19. The Hall–Kier alpha value is -1.03. The predicted octanol–water partition coefficient (Wildman–Crippen LogP) is 3.02. The van der Waals surface area contributed by atoms with Crippen LogP contribution in [0.2, 0.25) is 0 Å². The van der Waals surface area contributed by atoms with E-state index in [1.807, 2.05) is 6.08 Å². The zero-order chi connectivity index (χ0) is 16.4. The van der Waals surface area contributed by atoms with Crippen LogP contribution in [0, 0.1) is 5.41 Å². The number of hydrogen-bond donors (Lipinski definition) is 2. The molecule has 0 radical (unpaired) electrons. The lowest BCUT2D eigenvalue weighted by Crippen LogP contribution is -2.48. The van der Waals surface area contributed by atoms with E-state index in [4.69, 9.17) is 4.99 Å². The maximum atomic E-state index is 4.73. The molecule has 1 saturated heterocycles. The average molecular weight is 309 g/mol. The van der Waals surface area contributed by atoms with Crippen LogP contribution in [0.4, 0.5) is 0 Å². The number of guanidine groups is 1. The van der Waals surface area contributed by atoms with Crippen LogP contribution in [-0.2, 0) is 0 Å². The first kappa shape index (κ1) is 19.0. The summed E-state index contributed by atoms with van der Waals surface area (Å²) in [5.74, 6) is 0.985. The Balaban J connectivity index is 2.35. The first-order valence-electron chi connectivity index (χ1n) is 8.82. The molecule has 0 aromatic rings. The summed E-state index contributed by atoms with van der Waals surface area (Å²) < 4.78 is 0. The lowest BCUT2D eigenvalue weighted by Gasteiger charge is -2.32. The molecule has 128 valence electrons. The third-order valence-corrected chi connectivity index (χ3v) is 4.01. The number of nitrogens with zero attached hydrogens (tertiary/aromatic N) is 2. The van der Waals surface area contributed by atoms with E-state index in [0.29, 0.717) is 11.5 Å². The van der Waals surface area contributed by atoms with Crippen LogP contribution >= 0.6 is 0 Å². The maximum Gasteiger partial charge on any atom is 0.191 e. The molecule has 0 saturated carbocycles. The van der Waals surface area contributed by atoms with Crippen molar-refractivity contribution in [1.82, 2.24) is 15.5 Å². The maximum absolute atomic E-state index is 4.73. The van der Waals surface area contributed by atoms with Crippen molar-refractivity contribution in [3.8, 4) is 0 Å². The number of hydrogen-bond acceptors (Lipinski definition) is 2. The van der Waals surface area contributed by atoms with E-state index in [2.05, 4.69) is 49.8 Å². The van der Waals surface area contributed by atoms with Gasteiger partial charge in [0, 0.05) is 38.8 Å². The zero-order valence-electron chi connectivity index (χ0n) is 15.1. The van der Waals surface area contributed by atoms with Gasteiger partial charge in [0.05, 0.1) is 0 Å². The van der Waals surface area contributed by atoms with Gasteiger partial charge in [-0.2, -0.15) is 0 Å². The van der Waals surface area contributed by atoms with Gasteiger partial charge in [0.2, 0.25) is 0 Å². The van der Waals surface area contributed by atoms with Crippen LogP contribution in [-0.4, -0.2) is 49.6 Å². The summed E-state index contributed by atoms with van der Waals surface area (Å²) in [6.07, 6.45) is 6.72. The summed E-state index contributed by atoms with van der Waals surface area (Å²) in [4.78, 5) is 7.19. The Labute approximate surface area is 137 Å². The van der Waals surface area contributed by atoms with E-state index in [1.165, 1.54) is 19.3 Å². The Morgan fingerprint density at radius 1 is 1.32 bits per heavy atom. The lowest BCUT2D eigenvalue weighted by atomic mass is 9.91. The van der Waals surface area contributed by atoms with Gasteiger partial charge in [0.25, 0.3) is 0 Å². The molecule has 22 heavy (non-hydrogen) atoms. The molecule has 1 fully saturated rings. The first-order valence-corrected chi connectivity index (χ1v) is 8.82. The van der Waals surface area contributed by atoms with E-state index in [0.717, 1.165) is 45.1 Å². The standard InChI is InChI=1S/C18H36N4/c1-6-13-22-14-9-16(10-15-22)21-17(19-7-2)20-12-8-11-18(3,4)5/h6,16H,1,7-15H2,2-5H3,(H2,19,20,21). The molecule has 1 heterocycles. The van der Waals surface area contributed by atoms with Crippen LogP contribution in [0.1, 0.15) is 53.4 Å². The van der Waals surface area contributed by atoms with Gasteiger partial charge in [-0.1, -0.05) is 26.8 Å². The number of likely N-dealkylation sites (tertiary alicyclic amines) is 1. The van der Waals surface area contributed by atoms with Gasteiger partial charge >= 0.3 is 0 Å². The van der Waals surface area contributed by atoms with Crippen LogP contribution in [0.25, 0.3) is 0 Å². The van der Waals surface area contributed by atoms with Gasteiger partial charge in [-0.25, -0.2) is 0 Å². The summed E-state index contributed by atoms with van der Waals surface area (Å²) in [5.41, 5.74) is 0.402. The monoisotopic (exact) mass is 308 g/mol. The second-order valence-electron chi connectivity index (χ2n) is 7.43. The van der Waals surface area contributed by atoms with E-state index in [9.17, 15) is 0 Å². The molecular weight excluding hydrogens is 272 g/mol. The molecule has 0 amide bonds. The minimum atomic E-state index is 0.402. The third kappa shape index (κ3) is 8.42. The molecule has 0 aromatic heterocycles. The SMILES string of the molecule is C=CCN1CCC(NC(=NCCCC(C)(C)C)NCC)CC1. The van der Waals surface area contributed by atoms with Gasteiger partial charge in [-0.3, -0.25) is 9.89 Å². The molecule has 0 spiro atoms. The molecule has 1 aliphatic heterocycles. The van der Waals surface area contributed by atoms with Crippen molar-refractivity contribution in [3.05, 3.63) is 12.7 Å². The fourth-order valence-corrected chi connectivity index (χ4v) is 2.76. The van der Waals surface area contributed by atoms with Gasteiger partial charge in [-0.15, -0.1) is 6.58 Å². The Morgan fingerprint density at radius 3 is 2.55 bits per heavy atom. The molecule has 1 rings (SSSR count). The number of nitrogens with one attached hydrogen (secondary N) is 2. The van der Waals surface area contributed by atoms with E-state index >= 15 is 0 Å². The summed E-state index contributed by atoms with van der Waals surface area (Å²) in [7, 11) is 0. The molecule has 2 N–H and O–H groups in total. The second-order valence-corrected chi connectivity index (χ2v) is 7.43. The molecule has 4 heteroatoms. The topological polar surface area (TPSA) is 39.7 Å². The van der Waals surface area contributed by atoms with Crippen molar-refractivity contribution in [1.29, 1.82) is 0 Å². The normalized spacial score (nSPS) is 18.3. The third-order valence-electron chi connectivity index (χ3n) is 4.01. The lowest BCUT2D eigenvalue weighted by molar-refractivity contribution is 0.225. The minimum absolute atomic E-state index is 0.402. The number of piperidine rings is 1. The molecule has 0 aromatic carbocycles. The van der Waals surface area contributed by atoms with E-state index < -0.39 is 0 Å². The van der Waals surface area contributed by atoms with Gasteiger partial charge in [0.15, 0.2) is 5.96 Å². The molecule has 0 bridgehead atoms. The van der Waals surface area contributed by atoms with Crippen LogP contribution in [0.15, 0.2) is 17.6 Å². The predicted molar refractivity (Wildman–Crippen MR) is 97.5 cm³/mol. The smallest absolute Gasteiger partial charge is 0.191 e. The summed E-state index contributed by atoms with van der Waals surface area (Å²) in [5, 5.41) is 6.98. The first-order chi connectivity index (χ1) is 10.4. The van der Waals surface area contributed by atoms with Crippen LogP contribution in [0.5, 0.6) is 0 Å². The highest BCUT2D eigenvalue weighted by molar-refractivity contribution is 5.80. The quantitative estimate of drug-likeness (QED) is 0.329. The Bertz CT molecular complexity index is 335. The van der Waals surface area contributed by atoms with Crippen LogP contribution in [0.3, 0.4) is 0 Å². The van der Waals surface area contributed by atoms with Crippen molar-refractivity contribution in [2.24, 2.45) is 10.4 Å². The number of rotatable bonds is 7. The minimum Gasteiger partial charge on any atom is -0.357 e. The summed E-state index contributed by atoms with van der Waals surface area (Å²) in [6, 6.07) is 0.543. The molecule has 0 atom stereocenters. The Kier molecular flexibility index (Phi) is 8.54. The zero-order valence-corrected chi connectivity index (χ0v) is 15.1. The van der Waals surface area contributed by atoms with Crippen molar-refractivity contribution in [2.45, 2.75) is 59.4 Å². The molecular formula is C18H36N4. The molecule has 0 unspecified atom stereocenters. The summed E-state index contributed by atoms with van der Waals surface area (Å²) in [6.45, 7) is 17.9. The molecule has 4 nitrogen and oxygen atoms in total. The largest absolute Gasteiger partial charge is 0.357 e. The van der Waals surface area contributed by atoms with Crippen molar-refractivity contribution in [3.63, 3.8) is 0 Å². The average Bonchev–Trinajstić information content (AvgIpc) is 2.45. The highest BCUT2D eigenvalue weighted by atomic mass is 15.2. The van der Waals surface area contributed by atoms with Crippen molar-refractivity contribution in [2.75, 3.05) is 32.7 Å². The van der Waals surface area contributed by atoms with E-state index in [-0.39, 0.29) is 0 Å². The van der Waals surface area contributed by atoms with Crippen molar-refractivity contribution >= 4 is 5.96 Å². The molecule has 1 aliphatic rings. The highest BCUT2D eigenvalue weighted by Crippen LogP contribution is 2.20. The fourth-order valence-electron chi connectivity index (χ4n) is 2.76. The van der Waals surface area contributed by atoms with Crippen LogP contribution < -0.4 is 10.6 Å². The second kappa shape index (κ2) is 9.88. The van der Waals surface area contributed by atoms with Gasteiger partial charge < -0.3 is 10.6 Å².